The van der Waals surface area contributed by atoms with Crippen LogP contribution < -0.4 is 9.80 Å². The summed E-state index contributed by atoms with van der Waals surface area (Å²) in [5.41, 5.74) is 1.24. The first-order valence-electron chi connectivity index (χ1n) is 11.6. The lowest BCUT2D eigenvalue weighted by Crippen LogP contribution is -3.29. The summed E-state index contributed by atoms with van der Waals surface area (Å²) in [5, 5.41) is 13.1. The van der Waals surface area contributed by atoms with E-state index >= 15 is 0 Å². The molecule has 6 heteroatoms. The highest BCUT2D eigenvalue weighted by Gasteiger charge is 2.39. The van der Waals surface area contributed by atoms with Crippen LogP contribution in [0.25, 0.3) is 0 Å². The summed E-state index contributed by atoms with van der Waals surface area (Å²) >= 11 is 0. The molecular formula is C23H38N6+2. The average Bonchev–Trinajstić information content (AvgIpc) is 3.26. The summed E-state index contributed by atoms with van der Waals surface area (Å²) < 4.78 is 2.08. The molecule has 1 aromatic heterocycles. The van der Waals surface area contributed by atoms with Gasteiger partial charge in [0.15, 0.2) is 6.04 Å². The van der Waals surface area contributed by atoms with Gasteiger partial charge in [0.2, 0.25) is 5.82 Å². The van der Waals surface area contributed by atoms with Crippen molar-refractivity contribution in [1.82, 2.24) is 20.2 Å². The third-order valence-corrected chi connectivity index (χ3v) is 7.45. The number of rotatable bonds is 6. The fraction of sp³-hybridized carbons (Fsp3) is 0.696. The van der Waals surface area contributed by atoms with Crippen molar-refractivity contribution in [2.45, 2.75) is 76.9 Å². The molecule has 158 valence electrons. The SMILES string of the molecule is CCC(C)(C)n1nnnc1[C@@H](c1ccccc1)[NH+]1CC[NH+](C2CCCCC2)CC1. The standard InChI is InChI=1S/C23H36N6/c1-4-23(2,3)29-22(24-25-26-29)21(19-11-7-5-8-12-19)28-17-15-27(16-18-28)20-13-9-6-10-14-20/h5,7-8,11-12,20-21H,4,6,9-10,13-18H2,1-3H3/p+2/t21-/m1/s1. The molecule has 29 heavy (non-hydrogen) atoms. The molecule has 0 bridgehead atoms. The van der Waals surface area contributed by atoms with E-state index in [4.69, 9.17) is 0 Å². The number of aromatic nitrogens is 4. The number of nitrogens with one attached hydrogen (secondary N) is 2. The van der Waals surface area contributed by atoms with Gasteiger partial charge in [-0.1, -0.05) is 43.7 Å². The predicted molar refractivity (Wildman–Crippen MR) is 114 cm³/mol. The van der Waals surface area contributed by atoms with Gasteiger partial charge >= 0.3 is 0 Å². The zero-order valence-electron chi connectivity index (χ0n) is 18.4. The van der Waals surface area contributed by atoms with E-state index in [1.165, 1.54) is 63.8 Å². The summed E-state index contributed by atoms with van der Waals surface area (Å²) in [4.78, 5) is 3.45. The molecule has 1 aromatic carbocycles. The van der Waals surface area contributed by atoms with Crippen molar-refractivity contribution >= 4 is 0 Å². The summed E-state index contributed by atoms with van der Waals surface area (Å²) in [5.74, 6) is 1.01. The van der Waals surface area contributed by atoms with E-state index in [1.54, 1.807) is 4.90 Å². The maximum atomic E-state index is 4.57. The van der Waals surface area contributed by atoms with E-state index in [-0.39, 0.29) is 11.6 Å². The van der Waals surface area contributed by atoms with Crippen molar-refractivity contribution in [2.24, 2.45) is 0 Å². The first-order chi connectivity index (χ1) is 14.1. The van der Waals surface area contributed by atoms with Gasteiger partial charge in [0.25, 0.3) is 0 Å². The largest absolute Gasteiger partial charge is 0.323 e. The molecule has 6 nitrogen and oxygen atoms in total. The van der Waals surface area contributed by atoms with Gasteiger partial charge in [-0.15, -0.1) is 5.10 Å². The summed E-state index contributed by atoms with van der Waals surface area (Å²) in [6.45, 7) is 11.6. The number of piperazine rings is 1. The Balaban J connectivity index is 1.58. The molecule has 0 unspecified atom stereocenters. The molecule has 1 aliphatic carbocycles. The molecule has 2 heterocycles. The van der Waals surface area contributed by atoms with Gasteiger partial charge in [-0.2, -0.15) is 0 Å². The third-order valence-electron chi connectivity index (χ3n) is 7.45. The quantitative estimate of drug-likeness (QED) is 0.764. The number of nitrogens with zero attached hydrogens (tertiary/aromatic N) is 4. The van der Waals surface area contributed by atoms with E-state index < -0.39 is 0 Å². The molecule has 1 saturated carbocycles. The van der Waals surface area contributed by atoms with Crippen molar-refractivity contribution in [3.63, 3.8) is 0 Å². The second-order valence-corrected chi connectivity index (χ2v) is 9.61. The van der Waals surface area contributed by atoms with E-state index in [0.717, 1.165) is 18.3 Å². The average molecular weight is 399 g/mol. The Morgan fingerprint density at radius 3 is 2.38 bits per heavy atom. The molecule has 2 N–H and O–H groups in total. The minimum Gasteiger partial charge on any atom is -0.323 e. The predicted octanol–water partition coefficient (Wildman–Crippen LogP) is 1.02. The van der Waals surface area contributed by atoms with Crippen molar-refractivity contribution in [1.29, 1.82) is 0 Å². The molecule has 2 aromatic rings. The molecule has 1 saturated heterocycles. The van der Waals surface area contributed by atoms with Crippen LogP contribution >= 0.6 is 0 Å². The first-order valence-corrected chi connectivity index (χ1v) is 11.6. The number of hydrogen-bond acceptors (Lipinski definition) is 3. The van der Waals surface area contributed by atoms with Gasteiger partial charge in [-0.05, 0) is 56.4 Å². The van der Waals surface area contributed by atoms with Crippen LogP contribution in [0, 0.1) is 0 Å². The van der Waals surface area contributed by atoms with Crippen molar-refractivity contribution in [3.8, 4) is 0 Å². The van der Waals surface area contributed by atoms with Crippen LogP contribution in [0.2, 0.25) is 0 Å². The van der Waals surface area contributed by atoms with Crippen LogP contribution in [0.4, 0.5) is 0 Å². The summed E-state index contributed by atoms with van der Waals surface area (Å²) in [6, 6.07) is 12.0. The number of benzene rings is 1. The molecule has 0 amide bonds. The molecule has 0 radical (unpaired) electrons. The second-order valence-electron chi connectivity index (χ2n) is 9.61. The Bertz CT molecular complexity index is 757. The van der Waals surface area contributed by atoms with Gasteiger partial charge in [0.1, 0.15) is 26.2 Å². The fourth-order valence-corrected chi connectivity index (χ4v) is 5.27. The zero-order chi connectivity index (χ0) is 20.3. The van der Waals surface area contributed by atoms with Crippen LogP contribution in [-0.2, 0) is 5.54 Å². The minimum atomic E-state index is -0.0829. The van der Waals surface area contributed by atoms with Gasteiger partial charge in [0.05, 0.1) is 11.6 Å². The topological polar surface area (TPSA) is 52.5 Å². The highest BCUT2D eigenvalue weighted by atomic mass is 15.6. The molecule has 0 spiro atoms. The van der Waals surface area contributed by atoms with Crippen LogP contribution in [0.15, 0.2) is 30.3 Å². The van der Waals surface area contributed by atoms with Gasteiger partial charge in [-0.3, -0.25) is 0 Å². The molecule has 2 fully saturated rings. The molecule has 1 atom stereocenters. The lowest BCUT2D eigenvalue weighted by atomic mass is 9.93. The Morgan fingerprint density at radius 2 is 1.72 bits per heavy atom. The molecule has 1 aliphatic heterocycles. The maximum Gasteiger partial charge on any atom is 0.214 e. The van der Waals surface area contributed by atoms with Gasteiger partial charge < -0.3 is 9.80 Å². The van der Waals surface area contributed by atoms with Crippen LogP contribution in [0.5, 0.6) is 0 Å². The van der Waals surface area contributed by atoms with E-state index in [1.807, 2.05) is 4.90 Å². The first kappa shape index (κ1) is 20.5. The fourth-order valence-electron chi connectivity index (χ4n) is 5.27. The van der Waals surface area contributed by atoms with Gasteiger partial charge in [-0.25, -0.2) is 4.68 Å². The second kappa shape index (κ2) is 8.92. The number of quaternary nitrogens is 2. The monoisotopic (exact) mass is 398 g/mol. The Labute approximate surface area is 175 Å². The summed E-state index contributed by atoms with van der Waals surface area (Å²) in [6.07, 6.45) is 8.15. The number of hydrogen-bond donors (Lipinski definition) is 2. The van der Waals surface area contributed by atoms with E-state index in [0.29, 0.717) is 0 Å². The minimum absolute atomic E-state index is 0.0829. The Kier molecular flexibility index (Phi) is 6.30. The highest BCUT2D eigenvalue weighted by Crippen LogP contribution is 2.24. The molecular weight excluding hydrogens is 360 g/mol. The smallest absolute Gasteiger partial charge is 0.214 e. The lowest BCUT2D eigenvalue weighted by Gasteiger charge is -2.39. The summed E-state index contributed by atoms with van der Waals surface area (Å²) in [7, 11) is 0. The Hall–Kier alpha value is -1.79. The number of tetrazole rings is 1. The van der Waals surface area contributed by atoms with Crippen LogP contribution in [0.1, 0.15) is 76.7 Å². The van der Waals surface area contributed by atoms with Crippen molar-refractivity contribution in [3.05, 3.63) is 41.7 Å². The highest BCUT2D eigenvalue weighted by molar-refractivity contribution is 5.22. The van der Waals surface area contributed by atoms with Crippen LogP contribution in [0.3, 0.4) is 0 Å². The van der Waals surface area contributed by atoms with E-state index in [2.05, 4.69) is 71.3 Å². The van der Waals surface area contributed by atoms with Crippen molar-refractivity contribution in [2.75, 3.05) is 26.2 Å². The van der Waals surface area contributed by atoms with Crippen LogP contribution in [-0.4, -0.2) is 52.4 Å². The molecule has 2 aliphatic rings. The van der Waals surface area contributed by atoms with Gasteiger partial charge in [0, 0.05) is 5.56 Å². The molecule has 4 rings (SSSR count). The zero-order valence-corrected chi connectivity index (χ0v) is 18.4. The normalized spacial score (nSPS) is 25.1. The lowest BCUT2D eigenvalue weighted by molar-refractivity contribution is -1.03. The Morgan fingerprint density at radius 1 is 1.03 bits per heavy atom. The maximum absolute atomic E-state index is 4.57. The van der Waals surface area contributed by atoms with Crippen molar-refractivity contribution < 1.29 is 9.80 Å². The third kappa shape index (κ3) is 4.38. The van der Waals surface area contributed by atoms with E-state index in [9.17, 15) is 0 Å².